The smallest absolute Gasteiger partial charge is 0.161 e. The van der Waals surface area contributed by atoms with Crippen LogP contribution in [-0.2, 0) is 0 Å². The van der Waals surface area contributed by atoms with Crippen LogP contribution in [0.4, 0.5) is 0 Å². The summed E-state index contributed by atoms with van der Waals surface area (Å²) in [7, 11) is 1.59. The van der Waals surface area contributed by atoms with Gasteiger partial charge in [-0.3, -0.25) is 9.10 Å². The summed E-state index contributed by atoms with van der Waals surface area (Å²) in [6.07, 6.45) is 5.16. The first-order valence-corrected chi connectivity index (χ1v) is 7.54. The van der Waals surface area contributed by atoms with E-state index in [1.165, 1.54) is 0 Å². The molecule has 0 aromatic heterocycles. The number of ether oxygens (including phenoxy) is 2. The third-order valence-corrected chi connectivity index (χ3v) is 4.16. The van der Waals surface area contributed by atoms with Crippen molar-refractivity contribution in [1.82, 2.24) is 4.31 Å². The van der Waals surface area contributed by atoms with Crippen LogP contribution in [0.3, 0.4) is 0 Å². The van der Waals surface area contributed by atoms with Gasteiger partial charge in [0.25, 0.3) is 0 Å². The average molecular weight is 281 g/mol. The van der Waals surface area contributed by atoms with Crippen LogP contribution in [0.25, 0.3) is 0 Å². The van der Waals surface area contributed by atoms with Gasteiger partial charge in [0.15, 0.2) is 11.5 Å². The van der Waals surface area contributed by atoms with Crippen molar-refractivity contribution in [2.45, 2.75) is 18.9 Å². The van der Waals surface area contributed by atoms with Crippen LogP contribution in [0, 0.1) is 0 Å². The van der Waals surface area contributed by atoms with Gasteiger partial charge in [-0.25, -0.2) is 0 Å². The van der Waals surface area contributed by atoms with Crippen LogP contribution in [-0.4, -0.2) is 43.2 Å². The molecule has 4 nitrogen and oxygen atoms in total. The normalized spacial score (nSPS) is 17.2. The van der Waals surface area contributed by atoms with Crippen LogP contribution in [0.5, 0.6) is 11.5 Å². The van der Waals surface area contributed by atoms with Gasteiger partial charge >= 0.3 is 0 Å². The molecule has 19 heavy (non-hydrogen) atoms. The molecule has 0 unspecified atom stereocenters. The molecule has 1 aromatic rings. The first-order valence-electron chi connectivity index (χ1n) is 6.35. The SMILES string of the molecule is COc1cc(C=O)ccc1OC1CCN(SC)CC1. The van der Waals surface area contributed by atoms with Gasteiger partial charge in [-0.05, 0) is 37.3 Å². The molecule has 0 radical (unpaired) electrons. The van der Waals surface area contributed by atoms with E-state index in [1.54, 1.807) is 31.2 Å². The molecule has 1 aliphatic heterocycles. The number of rotatable bonds is 5. The van der Waals surface area contributed by atoms with Gasteiger partial charge in [-0.2, -0.15) is 0 Å². The van der Waals surface area contributed by atoms with E-state index in [0.717, 1.165) is 38.0 Å². The van der Waals surface area contributed by atoms with Crippen molar-refractivity contribution in [3.8, 4) is 11.5 Å². The molecule has 104 valence electrons. The van der Waals surface area contributed by atoms with Crippen LogP contribution in [0.1, 0.15) is 23.2 Å². The number of benzene rings is 1. The predicted molar refractivity (Wildman–Crippen MR) is 77.1 cm³/mol. The molecule has 1 aromatic carbocycles. The maximum absolute atomic E-state index is 10.7. The number of piperidine rings is 1. The quantitative estimate of drug-likeness (QED) is 0.613. The minimum Gasteiger partial charge on any atom is -0.493 e. The van der Waals surface area contributed by atoms with Crippen molar-refractivity contribution in [1.29, 1.82) is 0 Å². The Bertz CT molecular complexity index is 431. The van der Waals surface area contributed by atoms with E-state index < -0.39 is 0 Å². The molecule has 1 saturated heterocycles. The number of aldehydes is 1. The second kappa shape index (κ2) is 6.82. The highest BCUT2D eigenvalue weighted by Gasteiger charge is 2.21. The van der Waals surface area contributed by atoms with Crippen LogP contribution in [0.15, 0.2) is 18.2 Å². The molecule has 1 heterocycles. The fraction of sp³-hybridized carbons (Fsp3) is 0.500. The molecule has 2 rings (SSSR count). The van der Waals surface area contributed by atoms with Gasteiger partial charge in [0.1, 0.15) is 12.4 Å². The summed E-state index contributed by atoms with van der Waals surface area (Å²) in [6, 6.07) is 5.27. The Hall–Kier alpha value is -1.20. The summed E-state index contributed by atoms with van der Waals surface area (Å²) < 4.78 is 13.6. The lowest BCUT2D eigenvalue weighted by Crippen LogP contribution is -2.34. The molecule has 1 fully saturated rings. The largest absolute Gasteiger partial charge is 0.493 e. The maximum atomic E-state index is 10.7. The molecule has 0 bridgehead atoms. The van der Waals surface area contributed by atoms with Gasteiger partial charge in [-0.1, -0.05) is 11.9 Å². The van der Waals surface area contributed by atoms with Crippen molar-refractivity contribution in [2.24, 2.45) is 0 Å². The van der Waals surface area contributed by atoms with Gasteiger partial charge < -0.3 is 9.47 Å². The Morgan fingerprint density at radius 2 is 2.05 bits per heavy atom. The zero-order valence-corrected chi connectivity index (χ0v) is 12.1. The van der Waals surface area contributed by atoms with E-state index in [0.29, 0.717) is 11.3 Å². The minimum atomic E-state index is 0.222. The average Bonchev–Trinajstić information content (AvgIpc) is 2.48. The third-order valence-electron chi connectivity index (χ3n) is 3.28. The van der Waals surface area contributed by atoms with Gasteiger partial charge in [0.2, 0.25) is 0 Å². The van der Waals surface area contributed by atoms with Gasteiger partial charge in [0.05, 0.1) is 7.11 Å². The number of carbonyl (C=O) groups excluding carboxylic acids is 1. The van der Waals surface area contributed by atoms with Crippen molar-refractivity contribution in [3.05, 3.63) is 23.8 Å². The van der Waals surface area contributed by atoms with Crippen molar-refractivity contribution < 1.29 is 14.3 Å². The number of methoxy groups -OCH3 is 1. The monoisotopic (exact) mass is 281 g/mol. The Labute approximate surface area is 118 Å². The summed E-state index contributed by atoms with van der Waals surface area (Å²) in [5.41, 5.74) is 0.599. The van der Waals surface area contributed by atoms with E-state index in [1.807, 2.05) is 6.07 Å². The molecule has 1 aliphatic rings. The number of nitrogens with zero attached hydrogens (tertiary/aromatic N) is 1. The Balaban J connectivity index is 2.01. The maximum Gasteiger partial charge on any atom is 0.161 e. The summed E-state index contributed by atoms with van der Waals surface area (Å²) in [6.45, 7) is 2.08. The van der Waals surface area contributed by atoms with Crippen molar-refractivity contribution >= 4 is 18.2 Å². The van der Waals surface area contributed by atoms with Gasteiger partial charge in [-0.15, -0.1) is 0 Å². The fourth-order valence-corrected chi connectivity index (χ4v) is 2.74. The fourth-order valence-electron chi connectivity index (χ4n) is 2.17. The molecule has 0 aliphatic carbocycles. The summed E-state index contributed by atoms with van der Waals surface area (Å²) in [4.78, 5) is 10.7. The minimum absolute atomic E-state index is 0.222. The molecule has 0 saturated carbocycles. The van der Waals surface area contributed by atoms with Gasteiger partial charge in [0, 0.05) is 18.7 Å². The number of hydrogen-bond donors (Lipinski definition) is 0. The molecular weight excluding hydrogens is 262 g/mol. The first-order chi connectivity index (χ1) is 9.26. The van der Waals surface area contributed by atoms with Crippen LogP contribution >= 0.6 is 11.9 Å². The van der Waals surface area contributed by atoms with Crippen molar-refractivity contribution in [3.63, 3.8) is 0 Å². The summed E-state index contributed by atoms with van der Waals surface area (Å²) in [5, 5.41) is 0. The van der Waals surface area contributed by atoms with E-state index in [2.05, 4.69) is 10.6 Å². The Morgan fingerprint density at radius 1 is 1.32 bits per heavy atom. The lowest BCUT2D eigenvalue weighted by atomic mass is 10.1. The lowest BCUT2D eigenvalue weighted by Gasteiger charge is -2.30. The predicted octanol–water partition coefficient (Wildman–Crippen LogP) is 2.63. The molecule has 0 spiro atoms. The van der Waals surface area contributed by atoms with Crippen molar-refractivity contribution in [2.75, 3.05) is 26.5 Å². The summed E-state index contributed by atoms with van der Waals surface area (Å²) >= 11 is 1.78. The molecule has 0 atom stereocenters. The zero-order chi connectivity index (χ0) is 13.7. The Morgan fingerprint density at radius 3 is 2.63 bits per heavy atom. The second-order valence-electron chi connectivity index (χ2n) is 4.46. The Kier molecular flexibility index (Phi) is 5.10. The van der Waals surface area contributed by atoms with E-state index >= 15 is 0 Å². The highest BCUT2D eigenvalue weighted by Crippen LogP contribution is 2.30. The van der Waals surface area contributed by atoms with Crippen LogP contribution in [0.2, 0.25) is 0 Å². The number of hydrogen-bond acceptors (Lipinski definition) is 5. The van der Waals surface area contributed by atoms with Crippen LogP contribution < -0.4 is 9.47 Å². The second-order valence-corrected chi connectivity index (χ2v) is 5.34. The number of carbonyl (C=O) groups is 1. The molecule has 0 amide bonds. The summed E-state index contributed by atoms with van der Waals surface area (Å²) in [5.74, 6) is 1.34. The standard InChI is InChI=1S/C14H19NO3S/c1-17-14-9-11(10-16)3-4-13(14)18-12-5-7-15(19-2)8-6-12/h3-4,9-10,12H,5-8H2,1-2H3. The highest BCUT2D eigenvalue weighted by molar-refractivity contribution is 7.96. The lowest BCUT2D eigenvalue weighted by molar-refractivity contribution is 0.112. The molecule has 0 N–H and O–H groups in total. The third kappa shape index (κ3) is 3.64. The topological polar surface area (TPSA) is 38.8 Å². The molecular formula is C14H19NO3S. The van der Waals surface area contributed by atoms with E-state index in [-0.39, 0.29) is 6.10 Å². The molecule has 5 heteroatoms. The highest BCUT2D eigenvalue weighted by atomic mass is 32.2. The first kappa shape index (κ1) is 14.2. The van der Waals surface area contributed by atoms with E-state index in [4.69, 9.17) is 9.47 Å². The van der Waals surface area contributed by atoms with E-state index in [9.17, 15) is 4.79 Å². The zero-order valence-electron chi connectivity index (χ0n) is 11.3.